The normalized spacial score (nSPS) is 15.2. The van der Waals surface area contributed by atoms with Crippen LogP contribution in [0.25, 0.3) is 0 Å². The van der Waals surface area contributed by atoms with E-state index in [-0.39, 0.29) is 30.1 Å². The van der Waals surface area contributed by atoms with E-state index in [1.807, 2.05) is 0 Å². The van der Waals surface area contributed by atoms with Gasteiger partial charge in [-0.25, -0.2) is 9.18 Å². The summed E-state index contributed by atoms with van der Waals surface area (Å²) in [4.78, 5) is 37.0. The number of piperidine rings is 1. The average molecular weight is 348 g/mol. The van der Waals surface area contributed by atoms with Crippen LogP contribution in [0.15, 0.2) is 36.4 Å². The zero-order valence-electron chi connectivity index (χ0n) is 14.0. The van der Waals surface area contributed by atoms with Crippen molar-refractivity contribution in [3.05, 3.63) is 47.8 Å². The number of hydrogen-bond acceptors (Lipinski definition) is 4. The van der Waals surface area contributed by atoms with Gasteiger partial charge in [-0.15, -0.1) is 0 Å². The van der Waals surface area contributed by atoms with Gasteiger partial charge in [-0.05, 0) is 37.1 Å². The van der Waals surface area contributed by atoms with Crippen molar-refractivity contribution in [3.8, 4) is 0 Å². The molecule has 0 atom stereocenters. The van der Waals surface area contributed by atoms with Crippen LogP contribution in [0, 0.1) is 11.7 Å². The zero-order valence-corrected chi connectivity index (χ0v) is 14.0. The van der Waals surface area contributed by atoms with Crippen molar-refractivity contribution >= 4 is 17.8 Å². The topological polar surface area (TPSA) is 75.7 Å². The molecule has 134 valence electrons. The van der Waals surface area contributed by atoms with Crippen LogP contribution in [0.3, 0.4) is 0 Å². The van der Waals surface area contributed by atoms with Crippen LogP contribution < -0.4 is 5.32 Å². The van der Waals surface area contributed by atoms with E-state index in [9.17, 15) is 18.8 Å². The fourth-order valence-electron chi connectivity index (χ4n) is 2.65. The number of methoxy groups -OCH3 is 1. The van der Waals surface area contributed by atoms with Crippen molar-refractivity contribution in [2.45, 2.75) is 12.8 Å². The maximum absolute atomic E-state index is 12.9. The van der Waals surface area contributed by atoms with Crippen LogP contribution in [0.4, 0.5) is 4.39 Å². The summed E-state index contributed by atoms with van der Waals surface area (Å²) < 4.78 is 17.4. The monoisotopic (exact) mass is 348 g/mol. The van der Waals surface area contributed by atoms with E-state index in [0.29, 0.717) is 31.5 Å². The lowest BCUT2D eigenvalue weighted by molar-refractivity contribution is -0.135. The van der Waals surface area contributed by atoms with E-state index in [4.69, 9.17) is 0 Å². The van der Waals surface area contributed by atoms with Crippen molar-refractivity contribution in [3.63, 3.8) is 0 Å². The highest BCUT2D eigenvalue weighted by Crippen LogP contribution is 2.19. The molecule has 25 heavy (non-hydrogen) atoms. The minimum atomic E-state index is -0.470. The molecule has 1 N–H and O–H groups in total. The van der Waals surface area contributed by atoms with Gasteiger partial charge in [-0.3, -0.25) is 9.59 Å². The van der Waals surface area contributed by atoms with Crippen LogP contribution in [0.1, 0.15) is 23.2 Å². The Morgan fingerprint density at radius 1 is 1.24 bits per heavy atom. The number of likely N-dealkylation sites (tertiary alicyclic amines) is 1. The Bertz CT molecular complexity index is 650. The van der Waals surface area contributed by atoms with Gasteiger partial charge in [-0.2, -0.15) is 0 Å². The average Bonchev–Trinajstić information content (AvgIpc) is 2.65. The molecule has 1 heterocycles. The summed E-state index contributed by atoms with van der Waals surface area (Å²) in [6, 6.07) is 5.44. The Hall–Kier alpha value is -2.70. The largest absolute Gasteiger partial charge is 0.466 e. The Balaban J connectivity index is 1.77. The predicted molar refractivity (Wildman–Crippen MR) is 89.2 cm³/mol. The first-order chi connectivity index (χ1) is 12.0. The van der Waals surface area contributed by atoms with Crippen LogP contribution in [-0.4, -0.2) is 49.4 Å². The molecule has 0 radical (unpaired) electrons. The number of carbonyl (C=O) groups is 3. The number of halogens is 1. The summed E-state index contributed by atoms with van der Waals surface area (Å²) in [6.45, 7) is 1.21. The first kappa shape index (κ1) is 18.6. The van der Waals surface area contributed by atoms with Crippen LogP contribution in [0.5, 0.6) is 0 Å². The maximum Gasteiger partial charge on any atom is 0.330 e. The smallest absolute Gasteiger partial charge is 0.330 e. The number of esters is 1. The van der Waals surface area contributed by atoms with Gasteiger partial charge >= 0.3 is 5.97 Å². The molecule has 6 nitrogen and oxygen atoms in total. The van der Waals surface area contributed by atoms with E-state index in [1.165, 1.54) is 43.5 Å². The van der Waals surface area contributed by atoms with Gasteiger partial charge in [0.25, 0.3) is 5.91 Å². The number of nitrogens with zero attached hydrogens (tertiary/aromatic N) is 1. The molecule has 1 fully saturated rings. The van der Waals surface area contributed by atoms with Crippen LogP contribution in [-0.2, 0) is 14.3 Å². The predicted octanol–water partition coefficient (Wildman–Crippen LogP) is 1.52. The fourth-order valence-corrected chi connectivity index (χ4v) is 2.65. The van der Waals surface area contributed by atoms with Gasteiger partial charge in [0.1, 0.15) is 5.82 Å². The lowest BCUT2D eigenvalue weighted by Crippen LogP contribution is -2.43. The van der Waals surface area contributed by atoms with Gasteiger partial charge in [-0.1, -0.05) is 6.08 Å². The minimum absolute atomic E-state index is 0.0941. The summed E-state index contributed by atoms with van der Waals surface area (Å²) in [5.41, 5.74) is 0.442. The second kappa shape index (κ2) is 8.96. The zero-order chi connectivity index (χ0) is 18.2. The SMILES string of the molecule is COC(=O)/C=C/CNC(=O)C1CCN(C(=O)c2ccc(F)cc2)CC1. The van der Waals surface area contributed by atoms with Crippen LogP contribution in [0.2, 0.25) is 0 Å². The molecular weight excluding hydrogens is 327 g/mol. The summed E-state index contributed by atoms with van der Waals surface area (Å²) >= 11 is 0. The summed E-state index contributed by atoms with van der Waals surface area (Å²) in [7, 11) is 1.28. The lowest BCUT2D eigenvalue weighted by atomic mass is 9.95. The molecule has 1 aromatic rings. The minimum Gasteiger partial charge on any atom is -0.466 e. The number of amides is 2. The molecule has 0 saturated carbocycles. The number of ether oxygens (including phenoxy) is 1. The summed E-state index contributed by atoms with van der Waals surface area (Å²) in [6.07, 6.45) is 3.92. The number of nitrogens with one attached hydrogen (secondary N) is 1. The molecule has 0 aliphatic carbocycles. The third kappa shape index (κ3) is 5.41. The first-order valence-electron chi connectivity index (χ1n) is 8.08. The molecule has 1 aromatic carbocycles. The quantitative estimate of drug-likeness (QED) is 0.647. The third-order valence-corrected chi connectivity index (χ3v) is 4.09. The Morgan fingerprint density at radius 2 is 1.88 bits per heavy atom. The van der Waals surface area contributed by atoms with Gasteiger partial charge < -0.3 is 15.0 Å². The highest BCUT2D eigenvalue weighted by atomic mass is 19.1. The van der Waals surface area contributed by atoms with E-state index in [1.54, 1.807) is 4.90 Å². The molecule has 1 aliphatic rings. The standard InChI is InChI=1S/C18H21FN2O4/c1-25-16(22)3-2-10-20-17(23)13-8-11-21(12-9-13)18(24)14-4-6-15(19)7-5-14/h2-7,13H,8-12H2,1H3,(H,20,23)/b3-2+. The number of hydrogen-bond donors (Lipinski definition) is 1. The van der Waals surface area contributed by atoms with Crippen molar-refractivity contribution in [2.24, 2.45) is 5.92 Å². The van der Waals surface area contributed by atoms with Gasteiger partial charge in [0.15, 0.2) is 0 Å². The van der Waals surface area contributed by atoms with Crippen molar-refractivity contribution in [1.82, 2.24) is 10.2 Å². The van der Waals surface area contributed by atoms with Crippen molar-refractivity contribution < 1.29 is 23.5 Å². The van der Waals surface area contributed by atoms with Crippen LogP contribution >= 0.6 is 0 Å². The fraction of sp³-hybridized carbons (Fsp3) is 0.389. The van der Waals surface area contributed by atoms with Crippen molar-refractivity contribution in [1.29, 1.82) is 0 Å². The molecule has 1 saturated heterocycles. The van der Waals surface area contributed by atoms with Crippen molar-refractivity contribution in [2.75, 3.05) is 26.7 Å². The van der Waals surface area contributed by atoms with E-state index in [0.717, 1.165) is 0 Å². The Labute approximate surface area is 145 Å². The summed E-state index contributed by atoms with van der Waals surface area (Å²) in [5, 5.41) is 2.74. The Kier molecular flexibility index (Phi) is 6.68. The molecule has 2 amide bonds. The van der Waals surface area contributed by atoms with Gasteiger partial charge in [0, 0.05) is 37.2 Å². The first-order valence-corrected chi connectivity index (χ1v) is 8.08. The molecule has 0 bridgehead atoms. The third-order valence-electron chi connectivity index (χ3n) is 4.09. The maximum atomic E-state index is 12.9. The molecule has 1 aliphatic heterocycles. The molecule has 0 aromatic heterocycles. The lowest BCUT2D eigenvalue weighted by Gasteiger charge is -2.31. The number of benzene rings is 1. The summed E-state index contributed by atoms with van der Waals surface area (Å²) in [5.74, 6) is -1.26. The highest BCUT2D eigenvalue weighted by molar-refractivity contribution is 5.94. The number of carbonyl (C=O) groups excluding carboxylic acids is 3. The molecule has 2 rings (SSSR count). The van der Waals surface area contributed by atoms with E-state index in [2.05, 4.69) is 10.1 Å². The van der Waals surface area contributed by atoms with E-state index >= 15 is 0 Å². The second-order valence-electron chi connectivity index (χ2n) is 5.74. The molecular formula is C18H21FN2O4. The molecule has 0 spiro atoms. The Morgan fingerprint density at radius 3 is 2.48 bits per heavy atom. The second-order valence-corrected chi connectivity index (χ2v) is 5.74. The van der Waals surface area contributed by atoms with Gasteiger partial charge in [0.2, 0.25) is 5.91 Å². The highest BCUT2D eigenvalue weighted by Gasteiger charge is 2.27. The number of rotatable bonds is 5. The molecule has 7 heteroatoms. The molecule has 0 unspecified atom stereocenters. The van der Waals surface area contributed by atoms with Gasteiger partial charge in [0.05, 0.1) is 7.11 Å². The van der Waals surface area contributed by atoms with E-state index < -0.39 is 5.97 Å².